The van der Waals surface area contributed by atoms with Crippen LogP contribution < -0.4 is 4.90 Å². The molecule has 0 saturated carbocycles. The van der Waals surface area contributed by atoms with Gasteiger partial charge in [-0.1, -0.05) is 67.1 Å². The number of rotatable bonds is 2. The molecule has 32 heavy (non-hydrogen) atoms. The van der Waals surface area contributed by atoms with E-state index < -0.39 is 22.2 Å². The van der Waals surface area contributed by atoms with Gasteiger partial charge in [-0.2, -0.15) is 0 Å². The van der Waals surface area contributed by atoms with Crippen molar-refractivity contribution in [2.24, 2.45) is 11.8 Å². The fraction of sp³-hybridized carbons (Fsp3) is 0.200. The average Bonchev–Trinajstić information content (AvgIpc) is 3.06. The lowest BCUT2D eigenvalue weighted by Crippen LogP contribution is -2.51. The Labute approximate surface area is 188 Å². The van der Waals surface area contributed by atoms with Crippen LogP contribution in [-0.4, -0.2) is 16.7 Å². The molecule has 2 amide bonds. The number of halogens is 1. The predicted octanol–water partition coefficient (Wildman–Crippen LogP) is 4.82. The third-order valence-corrected chi connectivity index (χ3v) is 7.74. The van der Waals surface area contributed by atoms with Gasteiger partial charge in [-0.25, -0.2) is 4.90 Å². The highest BCUT2D eigenvalue weighted by Crippen LogP contribution is 2.64. The van der Waals surface area contributed by atoms with Crippen LogP contribution in [0.15, 0.2) is 66.7 Å². The Kier molecular flexibility index (Phi) is 3.76. The maximum atomic E-state index is 13.9. The molecule has 0 spiro atoms. The summed E-state index contributed by atoms with van der Waals surface area (Å²) in [5.74, 6) is -2.18. The van der Waals surface area contributed by atoms with Crippen LogP contribution in [-0.2, 0) is 15.0 Å². The number of hydrogen-bond acceptors (Lipinski definition) is 4. The minimum atomic E-state index is -0.693. The molecule has 2 atom stereocenters. The van der Waals surface area contributed by atoms with Gasteiger partial charge in [-0.15, -0.1) is 0 Å². The molecule has 1 fully saturated rings. The summed E-state index contributed by atoms with van der Waals surface area (Å²) in [6.07, 6.45) is 0. The summed E-state index contributed by atoms with van der Waals surface area (Å²) in [7, 11) is 0. The quantitative estimate of drug-likeness (QED) is 0.322. The van der Waals surface area contributed by atoms with Crippen LogP contribution in [0.4, 0.5) is 11.4 Å². The summed E-state index contributed by atoms with van der Waals surface area (Å²) in [6.45, 7) is 2.03. The van der Waals surface area contributed by atoms with Crippen molar-refractivity contribution >= 4 is 34.8 Å². The van der Waals surface area contributed by atoms with Crippen molar-refractivity contribution in [2.45, 2.75) is 18.3 Å². The van der Waals surface area contributed by atoms with Gasteiger partial charge in [-0.05, 0) is 28.3 Å². The summed E-state index contributed by atoms with van der Waals surface area (Å²) in [5, 5.41) is 11.5. The highest BCUT2D eigenvalue weighted by atomic mass is 35.5. The number of nitro groups is 1. The third kappa shape index (κ3) is 2.15. The van der Waals surface area contributed by atoms with Gasteiger partial charge in [-0.3, -0.25) is 19.7 Å². The van der Waals surface area contributed by atoms with Crippen LogP contribution in [0.1, 0.15) is 35.1 Å². The molecule has 7 rings (SSSR count). The van der Waals surface area contributed by atoms with E-state index in [1.807, 2.05) is 55.5 Å². The zero-order valence-corrected chi connectivity index (χ0v) is 17.7. The van der Waals surface area contributed by atoms with E-state index in [1.165, 1.54) is 18.2 Å². The number of benzene rings is 3. The van der Waals surface area contributed by atoms with Gasteiger partial charge in [0.25, 0.3) is 5.69 Å². The zero-order chi connectivity index (χ0) is 22.4. The topological polar surface area (TPSA) is 80.5 Å². The average molecular weight is 445 g/mol. The van der Waals surface area contributed by atoms with Gasteiger partial charge >= 0.3 is 0 Å². The second kappa shape index (κ2) is 6.26. The minimum Gasteiger partial charge on any atom is -0.274 e. The van der Waals surface area contributed by atoms with E-state index in [0.717, 1.165) is 27.2 Å². The lowest BCUT2D eigenvalue weighted by Gasteiger charge is -2.52. The van der Waals surface area contributed by atoms with E-state index >= 15 is 0 Å². The van der Waals surface area contributed by atoms with Crippen LogP contribution in [0.3, 0.4) is 0 Å². The Morgan fingerprint density at radius 1 is 0.938 bits per heavy atom. The summed E-state index contributed by atoms with van der Waals surface area (Å²) in [6, 6.07) is 19.8. The highest BCUT2D eigenvalue weighted by molar-refractivity contribution is 6.36. The Balaban J connectivity index is 1.60. The van der Waals surface area contributed by atoms with E-state index in [4.69, 9.17) is 11.6 Å². The molecule has 4 aliphatic rings. The molecule has 3 aliphatic carbocycles. The third-order valence-electron chi connectivity index (χ3n) is 7.42. The normalized spacial score (nSPS) is 27.2. The summed E-state index contributed by atoms with van der Waals surface area (Å²) in [4.78, 5) is 39.5. The Bertz CT molecular complexity index is 1320. The first-order valence-corrected chi connectivity index (χ1v) is 10.7. The van der Waals surface area contributed by atoms with Crippen molar-refractivity contribution in [3.63, 3.8) is 0 Å². The van der Waals surface area contributed by atoms with Crippen molar-refractivity contribution in [3.8, 4) is 0 Å². The lowest BCUT2D eigenvalue weighted by atomic mass is 9.48. The first-order chi connectivity index (χ1) is 15.4. The zero-order valence-electron chi connectivity index (χ0n) is 17.0. The minimum absolute atomic E-state index is 0.0707. The summed E-state index contributed by atoms with van der Waals surface area (Å²) in [5.41, 5.74) is 3.38. The maximum absolute atomic E-state index is 13.9. The van der Waals surface area contributed by atoms with E-state index in [0.29, 0.717) is 0 Å². The molecule has 0 unspecified atom stereocenters. The van der Waals surface area contributed by atoms with Gasteiger partial charge in [0.05, 0.1) is 27.5 Å². The van der Waals surface area contributed by atoms with Crippen molar-refractivity contribution < 1.29 is 14.5 Å². The fourth-order valence-corrected chi connectivity index (χ4v) is 6.38. The second-order valence-electron chi connectivity index (χ2n) is 8.76. The summed E-state index contributed by atoms with van der Waals surface area (Å²) < 4.78 is 0. The molecule has 3 aromatic carbocycles. The molecule has 2 bridgehead atoms. The Morgan fingerprint density at radius 2 is 1.53 bits per heavy atom. The SMILES string of the molecule is CC12c3ccccc3C(c3ccccc31)[C@H]1C(=O)N(c3cc([N+](=O)[O-])ccc3Cl)C(=O)[C@@H]12. The number of anilines is 1. The molecule has 7 heteroatoms. The number of imide groups is 1. The molecular weight excluding hydrogens is 428 g/mol. The van der Waals surface area contributed by atoms with E-state index in [-0.39, 0.29) is 34.1 Å². The smallest absolute Gasteiger partial charge is 0.271 e. The molecule has 0 aromatic heterocycles. The first-order valence-electron chi connectivity index (χ1n) is 10.4. The van der Waals surface area contributed by atoms with Crippen LogP contribution in [0, 0.1) is 22.0 Å². The second-order valence-corrected chi connectivity index (χ2v) is 9.17. The number of non-ortho nitro benzene ring substituents is 1. The summed E-state index contributed by atoms with van der Waals surface area (Å²) >= 11 is 6.34. The molecule has 1 heterocycles. The number of carbonyl (C=O) groups is 2. The molecule has 0 N–H and O–H groups in total. The number of hydrogen-bond donors (Lipinski definition) is 0. The van der Waals surface area contributed by atoms with Gasteiger partial charge in [0.2, 0.25) is 11.8 Å². The van der Waals surface area contributed by atoms with Crippen LogP contribution in [0.25, 0.3) is 0 Å². The van der Waals surface area contributed by atoms with Gasteiger partial charge in [0, 0.05) is 23.5 Å². The van der Waals surface area contributed by atoms with Crippen molar-refractivity contribution in [2.75, 3.05) is 4.90 Å². The van der Waals surface area contributed by atoms with E-state index in [2.05, 4.69) is 0 Å². The Morgan fingerprint density at radius 3 is 2.12 bits per heavy atom. The Hall–Kier alpha value is -3.51. The van der Waals surface area contributed by atoms with Crippen LogP contribution in [0.5, 0.6) is 0 Å². The monoisotopic (exact) mass is 444 g/mol. The maximum Gasteiger partial charge on any atom is 0.271 e. The van der Waals surface area contributed by atoms with E-state index in [9.17, 15) is 19.7 Å². The molecule has 3 aromatic rings. The standard InChI is InChI=1S/C25H17ClN2O4/c1-25-16-8-4-2-6-14(16)20(15-7-3-5-9-17(15)25)21-22(25)24(30)27(23(21)29)19-12-13(28(31)32)10-11-18(19)26/h2-12,20-22H,1H3/t20?,21-,22-,25?/m1/s1. The number of carbonyl (C=O) groups excluding carboxylic acids is 2. The molecule has 158 valence electrons. The van der Waals surface area contributed by atoms with Gasteiger partial charge in [0.1, 0.15) is 0 Å². The number of nitrogens with zero attached hydrogens (tertiary/aromatic N) is 2. The van der Waals surface area contributed by atoms with Crippen LogP contribution >= 0.6 is 11.6 Å². The largest absolute Gasteiger partial charge is 0.274 e. The molecular formula is C25H17ClN2O4. The highest BCUT2D eigenvalue weighted by Gasteiger charge is 2.66. The van der Waals surface area contributed by atoms with Crippen molar-refractivity contribution in [3.05, 3.63) is 104 Å². The predicted molar refractivity (Wildman–Crippen MR) is 119 cm³/mol. The number of amides is 2. The molecule has 6 nitrogen and oxygen atoms in total. The van der Waals surface area contributed by atoms with Gasteiger partial charge in [0.15, 0.2) is 0 Å². The van der Waals surface area contributed by atoms with Gasteiger partial charge < -0.3 is 0 Å². The first kappa shape index (κ1) is 19.2. The molecule has 1 saturated heterocycles. The fourth-order valence-electron chi connectivity index (χ4n) is 6.17. The van der Waals surface area contributed by atoms with E-state index in [1.54, 1.807) is 0 Å². The van der Waals surface area contributed by atoms with Crippen molar-refractivity contribution in [1.29, 1.82) is 0 Å². The lowest BCUT2D eigenvalue weighted by molar-refractivity contribution is -0.384. The molecule has 0 radical (unpaired) electrons. The molecule has 1 aliphatic heterocycles. The number of nitro benzene ring substituents is 1. The van der Waals surface area contributed by atoms with Crippen LogP contribution in [0.2, 0.25) is 5.02 Å². The van der Waals surface area contributed by atoms with Crippen molar-refractivity contribution in [1.82, 2.24) is 0 Å².